The molecule has 1 heterocycles. The summed E-state index contributed by atoms with van der Waals surface area (Å²) in [5.74, 6) is 0.985. The fourth-order valence-electron chi connectivity index (χ4n) is 5.49. The van der Waals surface area contributed by atoms with Crippen molar-refractivity contribution in [2.24, 2.45) is 29.4 Å². The molecule has 4 N–H and O–H groups in total. The van der Waals surface area contributed by atoms with Crippen LogP contribution in [0.25, 0.3) is 0 Å². The van der Waals surface area contributed by atoms with E-state index in [-0.39, 0.29) is 30.2 Å². The average molecular weight is 597 g/mol. The number of aliphatic hydroxyl groups is 1. The van der Waals surface area contributed by atoms with E-state index in [1.165, 1.54) is 0 Å². The smallest absolute Gasteiger partial charge is 0.294 e. The van der Waals surface area contributed by atoms with Crippen molar-refractivity contribution in [1.29, 1.82) is 0 Å². The largest absolute Gasteiger partial charge is 0.488 e. The van der Waals surface area contributed by atoms with E-state index in [9.17, 15) is 20.0 Å². The van der Waals surface area contributed by atoms with Crippen LogP contribution in [0.4, 0.5) is 0 Å². The second kappa shape index (κ2) is 18.1. The van der Waals surface area contributed by atoms with Crippen molar-refractivity contribution >= 4 is 5.91 Å². The van der Waals surface area contributed by atoms with Crippen molar-refractivity contribution < 1.29 is 34.0 Å². The minimum Gasteiger partial charge on any atom is -0.488 e. The number of pyridine rings is 1. The van der Waals surface area contributed by atoms with Gasteiger partial charge in [0.2, 0.25) is 5.91 Å². The standard InChI is InChI=1S/C30H52N4O8/c1-19(2)22(14-21-15-28(30(40-6)32-18-21)41-13-7-12-39-5)16-26(31)27(35)17-25(20(3)4)29(36)33-23-8-10-24(11-9-23)42-34(37)38/h15,18-20,22-27,35H,7-14,16-17,31H2,1-6H3,(H,33,36)/t22-,23?,24?,25-,26-,27-/m0/s1. The molecule has 4 atom stereocenters. The Labute approximate surface area is 250 Å². The number of amides is 1. The summed E-state index contributed by atoms with van der Waals surface area (Å²) in [6, 6.07) is 1.39. The molecule has 0 spiro atoms. The van der Waals surface area contributed by atoms with Crippen LogP contribution < -0.4 is 20.5 Å². The molecule has 2 rings (SSSR count). The van der Waals surface area contributed by atoms with E-state index in [2.05, 4.69) is 29.0 Å². The first-order chi connectivity index (χ1) is 19.9. The molecule has 0 bridgehead atoms. The Morgan fingerprint density at radius 3 is 2.40 bits per heavy atom. The van der Waals surface area contributed by atoms with E-state index in [0.717, 1.165) is 12.0 Å². The first kappa shape index (κ1) is 35.5. The number of ether oxygens (including phenoxy) is 3. The van der Waals surface area contributed by atoms with Gasteiger partial charge in [0.1, 0.15) is 6.10 Å². The number of nitrogens with one attached hydrogen (secondary N) is 1. The highest BCUT2D eigenvalue weighted by Gasteiger charge is 2.32. The van der Waals surface area contributed by atoms with Crippen LogP contribution in [-0.4, -0.2) is 72.8 Å². The molecule has 12 heteroatoms. The highest BCUT2D eigenvalue weighted by atomic mass is 17.0. The number of carbonyl (C=O) groups excluding carboxylic acids is 1. The number of carbonyl (C=O) groups is 1. The molecule has 0 aromatic carbocycles. The molecule has 1 fully saturated rings. The number of rotatable bonds is 19. The van der Waals surface area contributed by atoms with Crippen LogP contribution in [0.1, 0.15) is 78.2 Å². The third-order valence-corrected chi connectivity index (χ3v) is 8.22. The van der Waals surface area contributed by atoms with Crippen molar-refractivity contribution in [3.8, 4) is 11.6 Å². The molecule has 0 radical (unpaired) electrons. The molecule has 1 aliphatic rings. The van der Waals surface area contributed by atoms with E-state index in [4.69, 9.17) is 19.9 Å². The normalized spacial score (nSPS) is 20.0. The Morgan fingerprint density at radius 2 is 1.83 bits per heavy atom. The molecule has 12 nitrogen and oxygen atoms in total. The predicted molar refractivity (Wildman–Crippen MR) is 159 cm³/mol. The lowest BCUT2D eigenvalue weighted by molar-refractivity contribution is -0.769. The van der Waals surface area contributed by atoms with Crippen LogP contribution >= 0.6 is 0 Å². The van der Waals surface area contributed by atoms with Gasteiger partial charge in [-0.05, 0) is 74.3 Å². The summed E-state index contributed by atoms with van der Waals surface area (Å²) in [6.45, 7) is 9.30. The maximum absolute atomic E-state index is 13.2. The van der Waals surface area contributed by atoms with E-state index in [0.29, 0.717) is 69.3 Å². The minimum atomic E-state index is -0.845. The first-order valence-corrected chi connectivity index (χ1v) is 15.1. The summed E-state index contributed by atoms with van der Waals surface area (Å²) in [7, 11) is 3.21. The lowest BCUT2D eigenvalue weighted by atomic mass is 9.81. The Balaban J connectivity index is 1.97. The number of methoxy groups -OCH3 is 2. The highest BCUT2D eigenvalue weighted by Crippen LogP contribution is 2.30. The molecular weight excluding hydrogens is 544 g/mol. The SMILES string of the molecule is COCCCOc1cc(C[C@@H](C[C@H](N)[C@@H](O)C[C@H](C(=O)NC2CCC(O[N+](=O)[O-])CC2)C(C)C)C(C)C)cnc1OC. The van der Waals surface area contributed by atoms with Gasteiger partial charge in [-0.15, -0.1) is 10.1 Å². The summed E-state index contributed by atoms with van der Waals surface area (Å²) in [5, 5.41) is 24.1. The molecule has 1 aliphatic carbocycles. The Bertz CT molecular complexity index is 955. The molecule has 0 unspecified atom stereocenters. The first-order valence-electron chi connectivity index (χ1n) is 15.1. The molecule has 0 saturated heterocycles. The third-order valence-electron chi connectivity index (χ3n) is 8.22. The Kier molecular flexibility index (Phi) is 15.3. The third kappa shape index (κ3) is 11.9. The second-order valence-corrected chi connectivity index (χ2v) is 12.1. The van der Waals surface area contributed by atoms with Crippen LogP contribution in [0, 0.1) is 33.8 Å². The molecule has 240 valence electrons. The minimum absolute atomic E-state index is 0.00888. The van der Waals surface area contributed by atoms with Gasteiger partial charge >= 0.3 is 0 Å². The zero-order valence-electron chi connectivity index (χ0n) is 26.1. The lowest BCUT2D eigenvalue weighted by Crippen LogP contribution is -2.46. The van der Waals surface area contributed by atoms with Gasteiger partial charge in [0, 0.05) is 44.3 Å². The van der Waals surface area contributed by atoms with Gasteiger partial charge in [0.25, 0.3) is 11.0 Å². The summed E-state index contributed by atoms with van der Waals surface area (Å²) in [4.78, 5) is 32.9. The number of aromatic nitrogens is 1. The molecule has 0 aliphatic heterocycles. The molecule has 1 aromatic heterocycles. The van der Waals surface area contributed by atoms with Crippen molar-refractivity contribution in [3.63, 3.8) is 0 Å². The number of hydrogen-bond acceptors (Lipinski definition) is 10. The monoisotopic (exact) mass is 596 g/mol. The highest BCUT2D eigenvalue weighted by molar-refractivity contribution is 5.79. The van der Waals surface area contributed by atoms with Crippen LogP contribution in [-0.2, 0) is 20.8 Å². The van der Waals surface area contributed by atoms with Gasteiger partial charge in [0.15, 0.2) is 5.75 Å². The quantitative estimate of drug-likeness (QED) is 0.122. The van der Waals surface area contributed by atoms with Gasteiger partial charge in [0.05, 0.1) is 19.8 Å². The van der Waals surface area contributed by atoms with Crippen LogP contribution in [0.3, 0.4) is 0 Å². The summed E-state index contributed by atoms with van der Waals surface area (Å²) in [5.41, 5.74) is 7.54. The zero-order valence-corrected chi connectivity index (χ0v) is 26.1. The fraction of sp³-hybridized carbons (Fsp3) is 0.800. The molecule has 1 aromatic rings. The number of hydrogen-bond donors (Lipinski definition) is 3. The maximum atomic E-state index is 13.2. The molecule has 1 amide bonds. The summed E-state index contributed by atoms with van der Waals surface area (Å²) >= 11 is 0. The summed E-state index contributed by atoms with van der Waals surface area (Å²) in [6.07, 6.45) is 5.11. The molecular formula is C30H52N4O8. The molecule has 1 saturated carbocycles. The topological polar surface area (TPSA) is 168 Å². The van der Waals surface area contributed by atoms with Crippen molar-refractivity contribution in [2.75, 3.05) is 27.4 Å². The predicted octanol–water partition coefficient (Wildman–Crippen LogP) is 3.70. The number of aliphatic hydroxyl groups excluding tert-OH is 1. The molecule has 42 heavy (non-hydrogen) atoms. The van der Waals surface area contributed by atoms with E-state index < -0.39 is 29.3 Å². The van der Waals surface area contributed by atoms with Crippen molar-refractivity contribution in [3.05, 3.63) is 27.9 Å². The van der Waals surface area contributed by atoms with Crippen molar-refractivity contribution in [1.82, 2.24) is 10.3 Å². The Morgan fingerprint density at radius 1 is 1.14 bits per heavy atom. The van der Waals surface area contributed by atoms with E-state index >= 15 is 0 Å². The van der Waals surface area contributed by atoms with Gasteiger partial charge in [-0.3, -0.25) is 4.79 Å². The van der Waals surface area contributed by atoms with Crippen LogP contribution in [0.5, 0.6) is 11.6 Å². The van der Waals surface area contributed by atoms with E-state index in [1.807, 2.05) is 19.9 Å². The van der Waals surface area contributed by atoms with Gasteiger partial charge in [-0.25, -0.2) is 4.98 Å². The number of nitrogens with zero attached hydrogens (tertiary/aromatic N) is 2. The lowest BCUT2D eigenvalue weighted by Gasteiger charge is -2.32. The van der Waals surface area contributed by atoms with Crippen molar-refractivity contribution in [2.45, 2.75) is 103 Å². The zero-order chi connectivity index (χ0) is 31.2. The Hall–Kier alpha value is -2.70. The fourth-order valence-corrected chi connectivity index (χ4v) is 5.49. The van der Waals surface area contributed by atoms with Gasteiger partial charge in [-0.2, -0.15) is 0 Å². The number of nitrogens with two attached hydrogens (primary N) is 1. The van der Waals surface area contributed by atoms with Gasteiger partial charge < -0.3 is 35.2 Å². The summed E-state index contributed by atoms with van der Waals surface area (Å²) < 4.78 is 16.3. The maximum Gasteiger partial charge on any atom is 0.294 e. The second-order valence-electron chi connectivity index (χ2n) is 12.1. The van der Waals surface area contributed by atoms with Crippen LogP contribution in [0.15, 0.2) is 12.3 Å². The average Bonchev–Trinajstić information content (AvgIpc) is 2.94. The van der Waals surface area contributed by atoms with Crippen LogP contribution in [0.2, 0.25) is 0 Å². The van der Waals surface area contributed by atoms with Gasteiger partial charge in [-0.1, -0.05) is 27.7 Å². The van der Waals surface area contributed by atoms with E-state index in [1.54, 1.807) is 20.4 Å².